The third-order valence-corrected chi connectivity index (χ3v) is 7.45. The van der Waals surface area contributed by atoms with Gasteiger partial charge in [0.15, 0.2) is 15.5 Å². The maximum Gasteiger partial charge on any atom is 0.363 e. The number of carbonyl (C=O) groups is 1. The number of halogens is 2. The smallest absolute Gasteiger partial charge is 0.363 e. The fourth-order valence-electron chi connectivity index (χ4n) is 3.20. The molecule has 1 atom stereocenters. The predicted molar refractivity (Wildman–Crippen MR) is 109 cm³/mol. The average Bonchev–Trinajstić information content (AvgIpc) is 3.27. The number of aromatic nitrogens is 2. The van der Waals surface area contributed by atoms with E-state index in [1.165, 1.54) is 10.8 Å². The van der Waals surface area contributed by atoms with Crippen molar-refractivity contribution in [2.45, 2.75) is 19.4 Å². The third-order valence-electron chi connectivity index (χ3n) is 4.63. The van der Waals surface area contributed by atoms with E-state index in [4.69, 9.17) is 16.3 Å². The number of esters is 1. The van der Waals surface area contributed by atoms with Crippen LogP contribution in [0.1, 0.15) is 29.3 Å². The Hall–Kier alpha value is -1.97. The highest BCUT2D eigenvalue weighted by molar-refractivity contribution is 9.10. The maximum absolute atomic E-state index is 12.3. The lowest BCUT2D eigenvalue weighted by Crippen LogP contribution is -2.12. The first-order valence-corrected chi connectivity index (χ1v) is 11.5. The van der Waals surface area contributed by atoms with Crippen molar-refractivity contribution in [3.05, 3.63) is 56.4 Å². The number of sulfone groups is 1. The molecule has 3 heterocycles. The van der Waals surface area contributed by atoms with Gasteiger partial charge in [0.05, 0.1) is 28.8 Å². The quantitative estimate of drug-likeness (QED) is 0.492. The number of carbonyl (C=O) groups excluding carboxylic acids is 1. The number of hydrogen-bond donors (Lipinski definition) is 0. The number of benzene rings is 1. The number of nitrogens with zero attached hydrogens (tertiary/aromatic N) is 3. The summed E-state index contributed by atoms with van der Waals surface area (Å²) in [5.41, 5.74) is 1.87. The highest BCUT2D eigenvalue weighted by Crippen LogP contribution is 2.32. The standard InChI is InChI=1S/C18H15BrClN3O4S/c1-10-13(16(20)23(22-10)11-6-7-28(25,26)9-11)8-15-18(24)27-17(21-15)12-4-2-3-5-14(12)19/h2-5,8,11H,6-7,9H2,1H3/b15-8-/t11-/m0/s1. The molecule has 0 spiro atoms. The molecule has 0 amide bonds. The molecular formula is C18H15BrClN3O4S. The summed E-state index contributed by atoms with van der Waals surface area (Å²) in [5, 5.41) is 4.67. The lowest BCUT2D eigenvalue weighted by atomic mass is 10.2. The molecule has 2 aliphatic rings. The van der Waals surface area contributed by atoms with Crippen molar-refractivity contribution < 1.29 is 17.9 Å². The Morgan fingerprint density at radius 1 is 1.36 bits per heavy atom. The molecule has 0 saturated carbocycles. The van der Waals surface area contributed by atoms with Crippen molar-refractivity contribution in [2.24, 2.45) is 4.99 Å². The fraction of sp³-hybridized carbons (Fsp3) is 0.278. The largest absolute Gasteiger partial charge is 0.402 e. The molecule has 1 fully saturated rings. The van der Waals surface area contributed by atoms with E-state index in [9.17, 15) is 13.2 Å². The van der Waals surface area contributed by atoms with Crippen LogP contribution in [0.4, 0.5) is 0 Å². The van der Waals surface area contributed by atoms with E-state index in [0.717, 1.165) is 4.47 Å². The van der Waals surface area contributed by atoms with E-state index < -0.39 is 15.8 Å². The van der Waals surface area contributed by atoms with Crippen LogP contribution in [0.15, 0.2) is 39.4 Å². The van der Waals surface area contributed by atoms with Crippen LogP contribution in [-0.2, 0) is 19.4 Å². The van der Waals surface area contributed by atoms with Gasteiger partial charge < -0.3 is 4.74 Å². The Labute approximate surface area is 175 Å². The number of aryl methyl sites for hydroxylation is 1. The van der Waals surface area contributed by atoms with E-state index in [2.05, 4.69) is 26.0 Å². The molecule has 10 heteroatoms. The van der Waals surface area contributed by atoms with Crippen molar-refractivity contribution in [1.82, 2.24) is 9.78 Å². The van der Waals surface area contributed by atoms with Crippen LogP contribution in [0.2, 0.25) is 5.15 Å². The Balaban J connectivity index is 1.70. The van der Waals surface area contributed by atoms with Gasteiger partial charge >= 0.3 is 5.97 Å². The molecule has 7 nitrogen and oxygen atoms in total. The molecule has 28 heavy (non-hydrogen) atoms. The Morgan fingerprint density at radius 3 is 2.79 bits per heavy atom. The monoisotopic (exact) mass is 483 g/mol. The van der Waals surface area contributed by atoms with Gasteiger partial charge in [-0.25, -0.2) is 22.9 Å². The summed E-state index contributed by atoms with van der Waals surface area (Å²) in [6.07, 6.45) is 1.99. The Kier molecular flexibility index (Phi) is 4.93. The summed E-state index contributed by atoms with van der Waals surface area (Å²) in [4.78, 5) is 16.6. The van der Waals surface area contributed by atoms with Gasteiger partial charge in [-0.1, -0.05) is 23.7 Å². The highest BCUT2D eigenvalue weighted by atomic mass is 79.9. The number of aliphatic imine (C=N–C) groups is 1. The number of hydrogen-bond acceptors (Lipinski definition) is 6. The fourth-order valence-corrected chi connectivity index (χ4v) is 5.72. The number of rotatable bonds is 3. The third kappa shape index (κ3) is 3.54. The molecule has 0 aliphatic carbocycles. The minimum Gasteiger partial charge on any atom is -0.402 e. The summed E-state index contributed by atoms with van der Waals surface area (Å²) in [5.74, 6) is -0.255. The van der Waals surface area contributed by atoms with Gasteiger partial charge in [-0.2, -0.15) is 5.10 Å². The lowest BCUT2D eigenvalue weighted by Gasteiger charge is -2.09. The minimum absolute atomic E-state index is 0.0101. The second-order valence-corrected chi connectivity index (χ2v) is 10.0. The Bertz CT molecular complexity index is 1150. The number of ether oxygens (including phenoxy) is 1. The van der Waals surface area contributed by atoms with Crippen molar-refractivity contribution in [3.8, 4) is 0 Å². The van der Waals surface area contributed by atoms with Gasteiger partial charge in [0.25, 0.3) is 0 Å². The van der Waals surface area contributed by atoms with E-state index in [0.29, 0.717) is 23.2 Å². The van der Waals surface area contributed by atoms with Gasteiger partial charge in [0, 0.05) is 10.0 Å². The summed E-state index contributed by atoms with van der Waals surface area (Å²) in [6.45, 7) is 1.75. The molecule has 0 bridgehead atoms. The molecule has 1 aromatic carbocycles. The van der Waals surface area contributed by atoms with Crippen LogP contribution in [0.25, 0.3) is 6.08 Å². The normalized spacial score (nSPS) is 22.5. The topological polar surface area (TPSA) is 90.6 Å². The van der Waals surface area contributed by atoms with Gasteiger partial charge in [0.1, 0.15) is 5.15 Å². The predicted octanol–water partition coefficient (Wildman–Crippen LogP) is 3.31. The lowest BCUT2D eigenvalue weighted by molar-refractivity contribution is -0.129. The molecule has 2 aliphatic heterocycles. The zero-order chi connectivity index (χ0) is 20.1. The summed E-state index contributed by atoms with van der Waals surface area (Å²) < 4.78 is 31.1. The first-order chi connectivity index (χ1) is 13.2. The van der Waals surface area contributed by atoms with E-state index in [1.54, 1.807) is 13.0 Å². The van der Waals surface area contributed by atoms with E-state index >= 15 is 0 Å². The van der Waals surface area contributed by atoms with Crippen LogP contribution in [0.5, 0.6) is 0 Å². The summed E-state index contributed by atoms with van der Waals surface area (Å²) >= 11 is 9.87. The maximum atomic E-state index is 12.3. The first kappa shape index (κ1) is 19.4. The molecule has 1 aromatic heterocycles. The first-order valence-electron chi connectivity index (χ1n) is 8.47. The number of cyclic esters (lactones) is 1. The average molecular weight is 485 g/mol. The van der Waals surface area contributed by atoms with Gasteiger partial charge in [0.2, 0.25) is 5.90 Å². The zero-order valence-electron chi connectivity index (χ0n) is 14.7. The van der Waals surface area contributed by atoms with Gasteiger partial charge in [-0.15, -0.1) is 0 Å². The van der Waals surface area contributed by atoms with Crippen LogP contribution in [0, 0.1) is 6.92 Å². The van der Waals surface area contributed by atoms with Crippen molar-refractivity contribution >= 4 is 55.3 Å². The van der Waals surface area contributed by atoms with Gasteiger partial charge in [-0.05, 0) is 47.5 Å². The summed E-state index contributed by atoms with van der Waals surface area (Å²) in [7, 11) is -3.07. The van der Waals surface area contributed by atoms with Crippen molar-refractivity contribution in [2.75, 3.05) is 11.5 Å². The molecule has 0 N–H and O–H groups in total. The second kappa shape index (κ2) is 7.13. The SMILES string of the molecule is Cc1nn([C@H]2CCS(=O)(=O)C2)c(Cl)c1/C=C1\N=C(c2ccccc2Br)OC1=O. The van der Waals surface area contributed by atoms with Crippen molar-refractivity contribution in [1.29, 1.82) is 0 Å². The van der Waals surface area contributed by atoms with E-state index in [1.807, 2.05) is 18.2 Å². The zero-order valence-corrected chi connectivity index (χ0v) is 17.9. The van der Waals surface area contributed by atoms with Crippen LogP contribution >= 0.6 is 27.5 Å². The molecule has 0 radical (unpaired) electrons. The van der Waals surface area contributed by atoms with Crippen molar-refractivity contribution in [3.63, 3.8) is 0 Å². The highest BCUT2D eigenvalue weighted by Gasteiger charge is 2.32. The second-order valence-electron chi connectivity index (χ2n) is 6.61. The van der Waals surface area contributed by atoms with Crippen LogP contribution in [-0.4, -0.2) is 41.6 Å². The molecule has 2 aromatic rings. The van der Waals surface area contributed by atoms with E-state index in [-0.39, 0.29) is 34.3 Å². The molecule has 4 rings (SSSR count). The molecule has 146 valence electrons. The Morgan fingerprint density at radius 2 is 2.11 bits per heavy atom. The molecule has 1 saturated heterocycles. The molecular weight excluding hydrogens is 470 g/mol. The molecule has 0 unspecified atom stereocenters. The minimum atomic E-state index is -3.07. The van der Waals surface area contributed by atoms with Crippen LogP contribution < -0.4 is 0 Å². The summed E-state index contributed by atoms with van der Waals surface area (Å²) in [6, 6.07) is 6.98. The van der Waals surface area contributed by atoms with Crippen LogP contribution in [0.3, 0.4) is 0 Å². The van der Waals surface area contributed by atoms with Gasteiger partial charge in [-0.3, -0.25) is 0 Å².